The fourth-order valence-electron chi connectivity index (χ4n) is 3.11. The molecular formula is C23H22BrNO9. The first kappa shape index (κ1) is 25.1. The van der Waals surface area contributed by atoms with E-state index in [1.807, 2.05) is 0 Å². The van der Waals surface area contributed by atoms with Crippen molar-refractivity contribution in [2.45, 2.75) is 0 Å². The van der Waals surface area contributed by atoms with Crippen LogP contribution >= 0.6 is 15.9 Å². The van der Waals surface area contributed by atoms with E-state index >= 15 is 0 Å². The van der Waals surface area contributed by atoms with Crippen LogP contribution in [-0.2, 0) is 4.74 Å². The van der Waals surface area contributed by atoms with Gasteiger partial charge in [-0.25, -0.2) is 9.59 Å². The van der Waals surface area contributed by atoms with Crippen molar-refractivity contribution in [1.82, 2.24) is 5.32 Å². The van der Waals surface area contributed by atoms with E-state index in [0.29, 0.717) is 22.2 Å². The van der Waals surface area contributed by atoms with Gasteiger partial charge in [0.2, 0.25) is 5.75 Å². The van der Waals surface area contributed by atoms with Crippen LogP contribution in [0.4, 0.5) is 0 Å². The maximum atomic E-state index is 12.9. The number of nitrogens with one attached hydrogen (secondary N) is 1. The first-order valence-corrected chi connectivity index (χ1v) is 10.7. The van der Waals surface area contributed by atoms with Crippen molar-refractivity contribution in [3.8, 4) is 23.0 Å². The summed E-state index contributed by atoms with van der Waals surface area (Å²) in [5.41, 5.74) is -0.695. The van der Waals surface area contributed by atoms with Gasteiger partial charge in [-0.2, -0.15) is 0 Å². The normalized spacial score (nSPS) is 10.6. The molecule has 34 heavy (non-hydrogen) atoms. The van der Waals surface area contributed by atoms with Gasteiger partial charge in [0.25, 0.3) is 5.91 Å². The summed E-state index contributed by atoms with van der Waals surface area (Å²) in [5, 5.41) is 3.04. The van der Waals surface area contributed by atoms with Gasteiger partial charge >= 0.3 is 11.6 Å². The number of carbonyl (C=O) groups is 2. The zero-order valence-electron chi connectivity index (χ0n) is 18.9. The van der Waals surface area contributed by atoms with Gasteiger partial charge in [-0.3, -0.25) is 4.79 Å². The zero-order valence-corrected chi connectivity index (χ0v) is 20.4. The van der Waals surface area contributed by atoms with Gasteiger partial charge in [0.1, 0.15) is 16.9 Å². The number of methoxy groups -OCH3 is 4. The second-order valence-corrected chi connectivity index (χ2v) is 7.59. The van der Waals surface area contributed by atoms with Crippen LogP contribution in [0.15, 0.2) is 44.0 Å². The average molecular weight is 536 g/mol. The molecule has 0 spiro atoms. The standard InChI is InChI=1S/C23H22BrNO9/c1-29-8-7-25-21(26)15-9-12-5-6-13(10-16(12)34-23(15)28)33-22(27)14-11-17(30-2)19(31-3)20(32-4)18(14)24/h5-6,9-11H,7-8H2,1-4H3,(H,25,26). The molecule has 0 atom stereocenters. The molecule has 0 radical (unpaired) electrons. The number of hydrogen-bond donors (Lipinski definition) is 1. The van der Waals surface area contributed by atoms with Gasteiger partial charge in [-0.05, 0) is 40.2 Å². The van der Waals surface area contributed by atoms with Crippen LogP contribution in [0.2, 0.25) is 0 Å². The number of benzene rings is 2. The van der Waals surface area contributed by atoms with E-state index in [-0.39, 0.29) is 40.5 Å². The summed E-state index contributed by atoms with van der Waals surface area (Å²) < 4.78 is 31.8. The van der Waals surface area contributed by atoms with E-state index in [2.05, 4.69) is 21.2 Å². The third-order valence-corrected chi connectivity index (χ3v) is 5.53. The highest BCUT2D eigenvalue weighted by Gasteiger charge is 2.24. The summed E-state index contributed by atoms with van der Waals surface area (Å²) in [5.74, 6) is -0.330. The molecule has 0 aliphatic heterocycles. The van der Waals surface area contributed by atoms with Crippen LogP contribution in [0.25, 0.3) is 11.0 Å². The minimum atomic E-state index is -0.821. The first-order valence-electron chi connectivity index (χ1n) is 9.90. The lowest BCUT2D eigenvalue weighted by Gasteiger charge is -2.16. The van der Waals surface area contributed by atoms with Crippen molar-refractivity contribution in [3.63, 3.8) is 0 Å². The Balaban J connectivity index is 1.90. The molecule has 0 aliphatic carbocycles. The number of halogens is 1. The Kier molecular flexibility index (Phi) is 8.13. The molecule has 0 saturated carbocycles. The van der Waals surface area contributed by atoms with Crippen LogP contribution in [-0.4, -0.2) is 53.5 Å². The van der Waals surface area contributed by atoms with Gasteiger partial charge in [0, 0.05) is 25.1 Å². The number of hydrogen-bond acceptors (Lipinski definition) is 9. The smallest absolute Gasteiger partial charge is 0.349 e. The second kappa shape index (κ2) is 11.0. The van der Waals surface area contributed by atoms with Crippen LogP contribution in [0.3, 0.4) is 0 Å². The maximum absolute atomic E-state index is 12.9. The van der Waals surface area contributed by atoms with Gasteiger partial charge in [-0.15, -0.1) is 0 Å². The van der Waals surface area contributed by atoms with Crippen LogP contribution in [0.5, 0.6) is 23.0 Å². The van der Waals surface area contributed by atoms with Gasteiger partial charge in [0.05, 0.1) is 38.0 Å². The molecule has 1 amide bonds. The quantitative estimate of drug-likeness (QED) is 0.190. The molecule has 0 unspecified atom stereocenters. The van der Waals surface area contributed by atoms with E-state index < -0.39 is 17.5 Å². The first-order chi connectivity index (χ1) is 16.3. The molecule has 11 heteroatoms. The molecule has 0 fully saturated rings. The Morgan fingerprint density at radius 2 is 1.71 bits per heavy atom. The van der Waals surface area contributed by atoms with Crippen LogP contribution in [0.1, 0.15) is 20.7 Å². The molecule has 180 valence electrons. The van der Waals surface area contributed by atoms with Crippen LogP contribution in [0, 0.1) is 0 Å². The molecule has 3 aromatic rings. The predicted molar refractivity (Wildman–Crippen MR) is 125 cm³/mol. The molecule has 1 N–H and O–H groups in total. The monoisotopic (exact) mass is 535 g/mol. The maximum Gasteiger partial charge on any atom is 0.349 e. The third kappa shape index (κ3) is 5.15. The van der Waals surface area contributed by atoms with Crippen molar-refractivity contribution in [1.29, 1.82) is 0 Å². The van der Waals surface area contributed by atoms with E-state index in [0.717, 1.165) is 0 Å². The van der Waals surface area contributed by atoms with Crippen LogP contribution < -0.4 is 29.9 Å². The Labute approximate surface area is 202 Å². The lowest BCUT2D eigenvalue weighted by Crippen LogP contribution is -2.30. The summed E-state index contributed by atoms with van der Waals surface area (Å²) >= 11 is 3.34. The van der Waals surface area contributed by atoms with Crippen molar-refractivity contribution >= 4 is 38.8 Å². The highest BCUT2D eigenvalue weighted by atomic mass is 79.9. The fraction of sp³-hybridized carbons (Fsp3) is 0.261. The second-order valence-electron chi connectivity index (χ2n) is 6.79. The van der Waals surface area contributed by atoms with Gasteiger partial charge < -0.3 is 33.4 Å². The number of ether oxygens (including phenoxy) is 5. The Hall–Kier alpha value is -3.57. The lowest BCUT2D eigenvalue weighted by atomic mass is 10.1. The van der Waals surface area contributed by atoms with Crippen molar-refractivity contribution < 1.29 is 37.7 Å². The molecule has 1 heterocycles. The Morgan fingerprint density at radius 3 is 2.35 bits per heavy atom. The minimum Gasteiger partial charge on any atom is -0.493 e. The highest BCUT2D eigenvalue weighted by molar-refractivity contribution is 9.10. The molecular weight excluding hydrogens is 514 g/mol. The molecule has 0 bridgehead atoms. The summed E-state index contributed by atoms with van der Waals surface area (Å²) in [6.45, 7) is 0.555. The molecule has 2 aromatic carbocycles. The average Bonchev–Trinajstić information content (AvgIpc) is 2.83. The van der Waals surface area contributed by atoms with E-state index in [1.165, 1.54) is 52.7 Å². The molecule has 3 rings (SSSR count). The molecule has 0 saturated heterocycles. The third-order valence-electron chi connectivity index (χ3n) is 4.74. The predicted octanol–water partition coefficient (Wildman–Crippen LogP) is 3.18. The van der Waals surface area contributed by atoms with Gasteiger partial charge in [-0.1, -0.05) is 0 Å². The largest absolute Gasteiger partial charge is 0.493 e. The molecule has 10 nitrogen and oxygen atoms in total. The summed E-state index contributed by atoms with van der Waals surface area (Å²) in [4.78, 5) is 37.4. The topological polar surface area (TPSA) is 123 Å². The summed E-state index contributed by atoms with van der Waals surface area (Å²) in [7, 11) is 5.80. The number of fused-ring (bicyclic) bond motifs is 1. The minimum absolute atomic E-state index is 0.124. The zero-order chi connectivity index (χ0) is 24.8. The van der Waals surface area contributed by atoms with E-state index in [4.69, 9.17) is 28.1 Å². The van der Waals surface area contributed by atoms with E-state index in [9.17, 15) is 14.4 Å². The summed E-state index contributed by atoms with van der Waals surface area (Å²) in [6.07, 6.45) is 0. The fourth-order valence-corrected chi connectivity index (χ4v) is 3.73. The number of esters is 1. The lowest BCUT2D eigenvalue weighted by molar-refractivity contribution is 0.0732. The van der Waals surface area contributed by atoms with Crippen molar-refractivity contribution in [2.75, 3.05) is 41.6 Å². The highest BCUT2D eigenvalue weighted by Crippen LogP contribution is 2.45. The summed E-state index contributed by atoms with van der Waals surface area (Å²) in [6, 6.07) is 7.32. The molecule has 0 aliphatic rings. The molecule has 1 aromatic heterocycles. The SMILES string of the molecule is COCCNC(=O)c1cc2ccc(OC(=O)c3cc(OC)c(OC)c(OC)c3Br)cc2oc1=O. The van der Waals surface area contributed by atoms with Crippen molar-refractivity contribution in [3.05, 3.63) is 56.4 Å². The number of amides is 1. The number of rotatable bonds is 9. The Morgan fingerprint density at radius 1 is 0.971 bits per heavy atom. The Bertz CT molecular complexity index is 1290. The number of carbonyl (C=O) groups excluding carboxylic acids is 2. The van der Waals surface area contributed by atoms with E-state index in [1.54, 1.807) is 6.07 Å². The van der Waals surface area contributed by atoms with Gasteiger partial charge in [0.15, 0.2) is 11.5 Å². The van der Waals surface area contributed by atoms with Crippen molar-refractivity contribution in [2.24, 2.45) is 0 Å².